The number of benzene rings is 2. The Hall–Kier alpha value is -2.88. The first kappa shape index (κ1) is 17.9. The summed E-state index contributed by atoms with van der Waals surface area (Å²) in [4.78, 5) is 11.9. The zero-order valence-electron chi connectivity index (χ0n) is 15.2. The van der Waals surface area contributed by atoms with Crippen LogP contribution in [-0.2, 0) is 24.7 Å². The fraction of sp³-hybridized carbons (Fsp3) is 0.273. The Kier molecular flexibility index (Phi) is 6.20. The first-order chi connectivity index (χ1) is 12.7. The molecule has 2 aromatic carbocycles. The SMILES string of the molecule is Cn1cc(-c2ccc(CCNC(=O)CCCc3ccccc3)cc2)cn1. The minimum Gasteiger partial charge on any atom is -0.356 e. The molecule has 1 heterocycles. The maximum atomic E-state index is 11.9. The van der Waals surface area contributed by atoms with Gasteiger partial charge in [-0.3, -0.25) is 9.48 Å². The number of rotatable bonds is 8. The number of hydrogen-bond acceptors (Lipinski definition) is 2. The predicted molar refractivity (Wildman–Crippen MR) is 105 cm³/mol. The van der Waals surface area contributed by atoms with Gasteiger partial charge in [0.25, 0.3) is 0 Å². The molecule has 0 radical (unpaired) electrons. The quantitative estimate of drug-likeness (QED) is 0.674. The lowest BCUT2D eigenvalue weighted by Crippen LogP contribution is -2.25. The van der Waals surface area contributed by atoms with Crippen molar-refractivity contribution in [1.29, 1.82) is 0 Å². The van der Waals surface area contributed by atoms with Crippen molar-refractivity contribution < 1.29 is 4.79 Å². The van der Waals surface area contributed by atoms with E-state index in [9.17, 15) is 4.79 Å². The molecule has 0 saturated heterocycles. The summed E-state index contributed by atoms with van der Waals surface area (Å²) < 4.78 is 1.80. The Morgan fingerprint density at radius 3 is 2.38 bits per heavy atom. The van der Waals surface area contributed by atoms with Crippen LogP contribution >= 0.6 is 0 Å². The van der Waals surface area contributed by atoms with Gasteiger partial charge in [0.2, 0.25) is 5.91 Å². The third-order valence-corrected chi connectivity index (χ3v) is 4.44. The summed E-state index contributed by atoms with van der Waals surface area (Å²) >= 11 is 0. The first-order valence-corrected chi connectivity index (χ1v) is 9.09. The smallest absolute Gasteiger partial charge is 0.220 e. The van der Waals surface area contributed by atoms with Crippen LogP contribution in [0.1, 0.15) is 24.0 Å². The zero-order valence-corrected chi connectivity index (χ0v) is 15.2. The van der Waals surface area contributed by atoms with E-state index in [1.165, 1.54) is 11.1 Å². The van der Waals surface area contributed by atoms with Gasteiger partial charge in [0.05, 0.1) is 6.20 Å². The molecule has 1 amide bonds. The van der Waals surface area contributed by atoms with Crippen LogP contribution in [0.15, 0.2) is 67.0 Å². The summed E-state index contributed by atoms with van der Waals surface area (Å²) in [5.74, 6) is 0.132. The molecule has 26 heavy (non-hydrogen) atoms. The average molecular weight is 347 g/mol. The number of amides is 1. The second-order valence-corrected chi connectivity index (χ2v) is 6.54. The molecular weight excluding hydrogens is 322 g/mol. The molecular formula is C22H25N3O. The molecule has 0 aliphatic carbocycles. The van der Waals surface area contributed by atoms with Gasteiger partial charge >= 0.3 is 0 Å². The first-order valence-electron chi connectivity index (χ1n) is 9.09. The normalized spacial score (nSPS) is 10.7. The third-order valence-electron chi connectivity index (χ3n) is 4.44. The Labute approximate surface area is 154 Å². The highest BCUT2D eigenvalue weighted by Crippen LogP contribution is 2.18. The minimum absolute atomic E-state index is 0.132. The Morgan fingerprint density at radius 1 is 0.962 bits per heavy atom. The van der Waals surface area contributed by atoms with Gasteiger partial charge in [0, 0.05) is 31.8 Å². The van der Waals surface area contributed by atoms with E-state index in [2.05, 4.69) is 46.8 Å². The van der Waals surface area contributed by atoms with Gasteiger partial charge in [-0.2, -0.15) is 5.10 Å². The number of nitrogens with zero attached hydrogens (tertiary/aromatic N) is 2. The maximum absolute atomic E-state index is 11.9. The van der Waals surface area contributed by atoms with Crippen LogP contribution < -0.4 is 5.32 Å². The van der Waals surface area contributed by atoms with Gasteiger partial charge in [0.15, 0.2) is 0 Å². The summed E-state index contributed by atoms with van der Waals surface area (Å²) in [6.07, 6.45) is 7.13. The number of carbonyl (C=O) groups is 1. The molecule has 0 bridgehead atoms. The fourth-order valence-corrected chi connectivity index (χ4v) is 2.97. The molecule has 0 saturated carbocycles. The van der Waals surface area contributed by atoms with Crippen LogP contribution in [0.2, 0.25) is 0 Å². The second-order valence-electron chi connectivity index (χ2n) is 6.54. The molecule has 0 aliphatic rings. The molecule has 3 rings (SSSR count). The van der Waals surface area contributed by atoms with Crippen LogP contribution in [0.4, 0.5) is 0 Å². The lowest BCUT2D eigenvalue weighted by atomic mass is 10.1. The molecule has 0 aliphatic heterocycles. The van der Waals surface area contributed by atoms with Crippen molar-refractivity contribution in [2.24, 2.45) is 7.05 Å². The topological polar surface area (TPSA) is 46.9 Å². The van der Waals surface area contributed by atoms with Crippen molar-refractivity contribution in [3.8, 4) is 11.1 Å². The van der Waals surface area contributed by atoms with Crippen molar-refractivity contribution in [2.45, 2.75) is 25.7 Å². The van der Waals surface area contributed by atoms with Crippen LogP contribution in [0.5, 0.6) is 0 Å². The average Bonchev–Trinajstić information content (AvgIpc) is 3.10. The van der Waals surface area contributed by atoms with Crippen LogP contribution in [0, 0.1) is 0 Å². The Morgan fingerprint density at radius 2 is 1.69 bits per heavy atom. The summed E-state index contributed by atoms with van der Waals surface area (Å²) in [5.41, 5.74) is 4.79. The van der Waals surface area contributed by atoms with Crippen molar-refractivity contribution in [1.82, 2.24) is 15.1 Å². The molecule has 0 atom stereocenters. The van der Waals surface area contributed by atoms with E-state index in [0.717, 1.165) is 30.4 Å². The van der Waals surface area contributed by atoms with Crippen LogP contribution in [0.25, 0.3) is 11.1 Å². The zero-order chi connectivity index (χ0) is 18.2. The monoisotopic (exact) mass is 347 g/mol. The highest BCUT2D eigenvalue weighted by molar-refractivity contribution is 5.75. The van der Waals surface area contributed by atoms with Crippen LogP contribution in [-0.4, -0.2) is 22.2 Å². The molecule has 134 valence electrons. The van der Waals surface area contributed by atoms with Gasteiger partial charge in [0.1, 0.15) is 0 Å². The van der Waals surface area contributed by atoms with E-state index in [1.807, 2.05) is 37.6 Å². The van der Waals surface area contributed by atoms with E-state index in [-0.39, 0.29) is 5.91 Å². The predicted octanol–water partition coefficient (Wildman–Crippen LogP) is 3.77. The van der Waals surface area contributed by atoms with Gasteiger partial charge in [-0.25, -0.2) is 0 Å². The van der Waals surface area contributed by atoms with E-state index in [0.29, 0.717) is 13.0 Å². The largest absolute Gasteiger partial charge is 0.356 e. The van der Waals surface area contributed by atoms with Crippen molar-refractivity contribution in [3.63, 3.8) is 0 Å². The number of aromatic nitrogens is 2. The van der Waals surface area contributed by atoms with Gasteiger partial charge in [-0.1, -0.05) is 54.6 Å². The van der Waals surface area contributed by atoms with Crippen molar-refractivity contribution in [2.75, 3.05) is 6.54 Å². The Balaban J connectivity index is 1.37. The summed E-state index contributed by atoms with van der Waals surface area (Å²) in [6.45, 7) is 0.677. The minimum atomic E-state index is 0.132. The van der Waals surface area contributed by atoms with Crippen molar-refractivity contribution >= 4 is 5.91 Å². The van der Waals surface area contributed by atoms with Crippen molar-refractivity contribution in [3.05, 3.63) is 78.1 Å². The van der Waals surface area contributed by atoms with E-state index in [4.69, 9.17) is 0 Å². The maximum Gasteiger partial charge on any atom is 0.220 e. The van der Waals surface area contributed by atoms with E-state index in [1.54, 1.807) is 4.68 Å². The van der Waals surface area contributed by atoms with E-state index >= 15 is 0 Å². The van der Waals surface area contributed by atoms with Gasteiger partial charge < -0.3 is 5.32 Å². The fourth-order valence-electron chi connectivity index (χ4n) is 2.97. The second kappa shape index (κ2) is 8.99. The number of nitrogens with one attached hydrogen (secondary N) is 1. The summed E-state index contributed by atoms with van der Waals surface area (Å²) in [6, 6.07) is 18.7. The van der Waals surface area contributed by atoms with Crippen LogP contribution in [0.3, 0.4) is 0 Å². The van der Waals surface area contributed by atoms with Gasteiger partial charge in [-0.05, 0) is 36.0 Å². The molecule has 0 spiro atoms. The molecule has 4 nitrogen and oxygen atoms in total. The molecule has 1 N–H and O–H groups in total. The number of hydrogen-bond donors (Lipinski definition) is 1. The molecule has 0 fully saturated rings. The Bertz CT molecular complexity index is 822. The highest BCUT2D eigenvalue weighted by atomic mass is 16.1. The molecule has 1 aromatic heterocycles. The summed E-state index contributed by atoms with van der Waals surface area (Å²) in [5, 5.41) is 7.21. The highest BCUT2D eigenvalue weighted by Gasteiger charge is 2.03. The standard InChI is InChI=1S/C22H25N3O/c1-25-17-21(16-24-25)20-12-10-19(11-13-20)14-15-23-22(26)9-5-8-18-6-3-2-4-7-18/h2-4,6-7,10-13,16-17H,5,8-9,14-15H2,1H3,(H,23,26). The lowest BCUT2D eigenvalue weighted by Gasteiger charge is -2.06. The number of aryl methyl sites for hydroxylation is 2. The third kappa shape index (κ3) is 5.31. The molecule has 0 unspecified atom stereocenters. The lowest BCUT2D eigenvalue weighted by molar-refractivity contribution is -0.121. The molecule has 4 heteroatoms. The van der Waals surface area contributed by atoms with Gasteiger partial charge in [-0.15, -0.1) is 0 Å². The molecule has 3 aromatic rings. The summed E-state index contributed by atoms with van der Waals surface area (Å²) in [7, 11) is 1.92. The number of carbonyl (C=O) groups excluding carboxylic acids is 1. The van der Waals surface area contributed by atoms with E-state index < -0.39 is 0 Å².